The number of aryl methyl sites for hydroxylation is 1. The highest BCUT2D eigenvalue weighted by Crippen LogP contribution is 2.28. The van der Waals surface area contributed by atoms with Gasteiger partial charge in [-0.2, -0.15) is 0 Å². The zero-order valence-electron chi connectivity index (χ0n) is 17.3. The second kappa shape index (κ2) is 9.08. The quantitative estimate of drug-likeness (QED) is 0.304. The van der Waals surface area contributed by atoms with Crippen LogP contribution in [0.2, 0.25) is 5.02 Å². The second-order valence-electron chi connectivity index (χ2n) is 7.01. The second-order valence-corrected chi connectivity index (χ2v) is 7.45. The third kappa shape index (κ3) is 4.71. The normalized spacial score (nSPS) is 14.2. The van der Waals surface area contributed by atoms with E-state index in [1.165, 1.54) is 7.11 Å². The van der Waals surface area contributed by atoms with Crippen molar-refractivity contribution >= 4 is 35.5 Å². The molecule has 1 heterocycles. The van der Waals surface area contributed by atoms with Crippen LogP contribution >= 0.6 is 11.6 Å². The van der Waals surface area contributed by atoms with Gasteiger partial charge in [0.15, 0.2) is 5.70 Å². The minimum absolute atomic E-state index is 0.115. The third-order valence-corrected chi connectivity index (χ3v) is 4.90. The van der Waals surface area contributed by atoms with Crippen molar-refractivity contribution in [2.24, 2.45) is 4.99 Å². The van der Waals surface area contributed by atoms with E-state index < -0.39 is 11.9 Å². The summed E-state index contributed by atoms with van der Waals surface area (Å²) in [5.41, 5.74) is 2.75. The first-order valence-electron chi connectivity index (χ1n) is 9.68. The molecule has 0 amide bonds. The molecule has 0 atom stereocenters. The summed E-state index contributed by atoms with van der Waals surface area (Å²) in [5, 5.41) is 0.466. The largest absolute Gasteiger partial charge is 0.496 e. The molecule has 0 saturated heterocycles. The molecule has 0 saturated carbocycles. The van der Waals surface area contributed by atoms with Crippen molar-refractivity contribution in [1.82, 2.24) is 0 Å². The van der Waals surface area contributed by atoms with Crippen LogP contribution in [0.25, 0.3) is 6.08 Å². The molecule has 6 nitrogen and oxygen atoms in total. The summed E-state index contributed by atoms with van der Waals surface area (Å²) < 4.78 is 16.0. The lowest BCUT2D eigenvalue weighted by Crippen LogP contribution is -2.08. The zero-order valence-corrected chi connectivity index (χ0v) is 18.1. The van der Waals surface area contributed by atoms with E-state index in [9.17, 15) is 9.59 Å². The molecule has 0 aliphatic carbocycles. The number of carbonyl (C=O) groups is 2. The first-order chi connectivity index (χ1) is 15.4. The Morgan fingerprint density at radius 1 is 1.06 bits per heavy atom. The van der Waals surface area contributed by atoms with Gasteiger partial charge < -0.3 is 14.2 Å². The number of aliphatic imine (C=N–C) groups is 1. The SMILES string of the molecule is COc1ccc(Cl)cc1C1=N/C(=C\c2ccc(OC(=O)c3cccc(C)c3)cc2)C(=O)O1. The molecule has 7 heteroatoms. The van der Waals surface area contributed by atoms with Gasteiger partial charge in [-0.05, 0) is 61.0 Å². The van der Waals surface area contributed by atoms with Gasteiger partial charge in [-0.15, -0.1) is 0 Å². The van der Waals surface area contributed by atoms with Gasteiger partial charge in [0.25, 0.3) is 0 Å². The van der Waals surface area contributed by atoms with Gasteiger partial charge in [0, 0.05) is 5.02 Å². The summed E-state index contributed by atoms with van der Waals surface area (Å²) >= 11 is 6.05. The first-order valence-corrected chi connectivity index (χ1v) is 10.1. The maximum Gasteiger partial charge on any atom is 0.363 e. The van der Waals surface area contributed by atoms with Crippen LogP contribution in [0.15, 0.2) is 77.4 Å². The van der Waals surface area contributed by atoms with Gasteiger partial charge in [0.1, 0.15) is 11.5 Å². The van der Waals surface area contributed by atoms with Crippen LogP contribution in [-0.4, -0.2) is 24.9 Å². The van der Waals surface area contributed by atoms with E-state index in [-0.39, 0.29) is 11.6 Å². The molecule has 1 aliphatic heterocycles. The van der Waals surface area contributed by atoms with Crippen molar-refractivity contribution in [3.05, 3.63) is 99.7 Å². The number of esters is 2. The van der Waals surface area contributed by atoms with Crippen molar-refractivity contribution in [3.63, 3.8) is 0 Å². The van der Waals surface area contributed by atoms with Gasteiger partial charge >= 0.3 is 11.9 Å². The highest BCUT2D eigenvalue weighted by atomic mass is 35.5. The topological polar surface area (TPSA) is 74.2 Å². The summed E-state index contributed by atoms with van der Waals surface area (Å²) in [6, 6.07) is 18.8. The minimum atomic E-state index is -0.586. The molecular weight excluding hydrogens is 430 g/mol. The number of methoxy groups -OCH3 is 1. The molecule has 4 rings (SSSR count). The summed E-state index contributed by atoms with van der Waals surface area (Å²) in [5.74, 6) is -0.0346. The number of carbonyl (C=O) groups excluding carboxylic acids is 2. The van der Waals surface area contributed by atoms with Crippen molar-refractivity contribution in [2.45, 2.75) is 6.92 Å². The number of cyclic esters (lactones) is 1. The Labute approximate surface area is 189 Å². The molecule has 0 spiro atoms. The van der Waals surface area contributed by atoms with Crippen LogP contribution in [-0.2, 0) is 9.53 Å². The van der Waals surface area contributed by atoms with Crippen LogP contribution in [0.4, 0.5) is 0 Å². The summed E-state index contributed by atoms with van der Waals surface area (Å²) in [6.45, 7) is 1.91. The Bertz CT molecular complexity index is 1260. The zero-order chi connectivity index (χ0) is 22.7. The molecule has 0 aromatic heterocycles. The van der Waals surface area contributed by atoms with Gasteiger partial charge in [0.05, 0.1) is 18.2 Å². The number of hydrogen-bond acceptors (Lipinski definition) is 6. The monoisotopic (exact) mass is 447 g/mol. The lowest BCUT2D eigenvalue weighted by molar-refractivity contribution is -0.129. The van der Waals surface area contributed by atoms with E-state index >= 15 is 0 Å². The van der Waals surface area contributed by atoms with E-state index in [2.05, 4.69) is 4.99 Å². The highest BCUT2D eigenvalue weighted by molar-refractivity contribution is 6.31. The van der Waals surface area contributed by atoms with Gasteiger partial charge in [-0.1, -0.05) is 41.4 Å². The fourth-order valence-electron chi connectivity index (χ4n) is 3.10. The number of benzene rings is 3. The summed E-state index contributed by atoms with van der Waals surface area (Å²) in [4.78, 5) is 28.9. The van der Waals surface area contributed by atoms with Crippen LogP contribution in [0, 0.1) is 6.92 Å². The van der Waals surface area contributed by atoms with Crippen LogP contribution in [0.3, 0.4) is 0 Å². The van der Waals surface area contributed by atoms with Crippen LogP contribution < -0.4 is 9.47 Å². The predicted molar refractivity (Wildman–Crippen MR) is 121 cm³/mol. The summed E-state index contributed by atoms with van der Waals surface area (Å²) in [6.07, 6.45) is 1.58. The number of ether oxygens (including phenoxy) is 3. The van der Waals surface area contributed by atoms with Gasteiger partial charge in [-0.3, -0.25) is 0 Å². The fraction of sp³-hybridized carbons (Fsp3) is 0.0800. The molecule has 0 unspecified atom stereocenters. The van der Waals surface area contributed by atoms with E-state index in [1.54, 1.807) is 66.7 Å². The molecule has 0 N–H and O–H groups in total. The standard InChI is InChI=1S/C25H18ClNO5/c1-15-4-3-5-17(12-15)24(28)31-19-9-6-16(7-10-19)13-21-25(29)32-23(27-21)20-14-18(26)8-11-22(20)30-2/h3-14H,1-2H3/b21-13-. The predicted octanol–water partition coefficient (Wildman–Crippen LogP) is 5.22. The highest BCUT2D eigenvalue weighted by Gasteiger charge is 2.26. The number of hydrogen-bond donors (Lipinski definition) is 0. The van der Waals surface area contributed by atoms with Gasteiger partial charge in [-0.25, -0.2) is 14.6 Å². The van der Waals surface area contributed by atoms with Crippen molar-refractivity contribution in [3.8, 4) is 11.5 Å². The minimum Gasteiger partial charge on any atom is -0.496 e. The Kier molecular flexibility index (Phi) is 6.05. The van der Waals surface area contributed by atoms with E-state index in [0.717, 1.165) is 5.56 Å². The molecule has 0 bridgehead atoms. The molecule has 0 radical (unpaired) electrons. The van der Waals surface area contributed by atoms with E-state index in [0.29, 0.717) is 33.2 Å². The fourth-order valence-corrected chi connectivity index (χ4v) is 3.27. The average molecular weight is 448 g/mol. The first kappa shape index (κ1) is 21.3. The smallest absolute Gasteiger partial charge is 0.363 e. The van der Waals surface area contributed by atoms with E-state index in [4.69, 9.17) is 25.8 Å². The average Bonchev–Trinajstić information content (AvgIpc) is 3.15. The Morgan fingerprint density at radius 3 is 2.56 bits per heavy atom. The van der Waals surface area contributed by atoms with Crippen LogP contribution in [0.1, 0.15) is 27.0 Å². The molecule has 32 heavy (non-hydrogen) atoms. The molecule has 1 aliphatic rings. The molecule has 0 fully saturated rings. The Balaban J connectivity index is 1.52. The van der Waals surface area contributed by atoms with Crippen molar-refractivity contribution in [2.75, 3.05) is 7.11 Å². The Morgan fingerprint density at radius 2 is 1.84 bits per heavy atom. The maximum atomic E-state index is 12.3. The molecule has 3 aromatic rings. The Hall–Kier alpha value is -3.90. The van der Waals surface area contributed by atoms with Gasteiger partial charge in [0.2, 0.25) is 5.90 Å². The van der Waals surface area contributed by atoms with Crippen LogP contribution in [0.5, 0.6) is 11.5 Å². The molecule has 3 aromatic carbocycles. The lowest BCUT2D eigenvalue weighted by atomic mass is 10.1. The summed E-state index contributed by atoms with van der Waals surface area (Å²) in [7, 11) is 1.51. The number of rotatable bonds is 5. The molecule has 160 valence electrons. The number of nitrogens with zero attached hydrogens (tertiary/aromatic N) is 1. The third-order valence-electron chi connectivity index (χ3n) is 4.66. The lowest BCUT2D eigenvalue weighted by Gasteiger charge is -2.07. The van der Waals surface area contributed by atoms with Crippen molar-refractivity contribution < 1.29 is 23.8 Å². The van der Waals surface area contributed by atoms with Crippen molar-refractivity contribution in [1.29, 1.82) is 0 Å². The number of halogens is 1. The molecular formula is C25H18ClNO5. The van der Waals surface area contributed by atoms with E-state index in [1.807, 2.05) is 13.0 Å². The maximum absolute atomic E-state index is 12.3.